The second kappa shape index (κ2) is 5.51. The maximum absolute atomic E-state index is 6.11. The van der Waals surface area contributed by atoms with Crippen LogP contribution in [-0.2, 0) is 4.74 Å². The zero-order chi connectivity index (χ0) is 15.1. The number of benzene rings is 2. The van der Waals surface area contributed by atoms with Gasteiger partial charge in [0.25, 0.3) is 0 Å². The van der Waals surface area contributed by atoms with Crippen LogP contribution >= 0.6 is 23.2 Å². The van der Waals surface area contributed by atoms with Crippen molar-refractivity contribution in [2.75, 3.05) is 18.1 Å². The highest BCUT2D eigenvalue weighted by atomic mass is 35.5. The summed E-state index contributed by atoms with van der Waals surface area (Å²) in [6.45, 7) is 1.28. The van der Waals surface area contributed by atoms with E-state index in [9.17, 15) is 0 Å². The van der Waals surface area contributed by atoms with Gasteiger partial charge in [0.05, 0.1) is 30.6 Å². The van der Waals surface area contributed by atoms with Gasteiger partial charge in [0, 0.05) is 22.2 Å². The molecule has 0 radical (unpaired) electrons. The fraction of sp³-hybridized carbons (Fsp3) is 0.176. The molecule has 2 aliphatic rings. The van der Waals surface area contributed by atoms with Crippen molar-refractivity contribution in [2.24, 2.45) is 0 Å². The number of anilines is 2. The summed E-state index contributed by atoms with van der Waals surface area (Å²) in [6, 6.07) is 11.4. The highest BCUT2D eigenvalue weighted by Gasteiger charge is 2.30. The molecule has 2 aromatic carbocycles. The van der Waals surface area contributed by atoms with Crippen LogP contribution in [-0.4, -0.2) is 19.3 Å². The molecule has 0 spiro atoms. The summed E-state index contributed by atoms with van der Waals surface area (Å²) in [5.74, 6) is 1.45. The molecule has 112 valence electrons. The van der Waals surface area contributed by atoms with Gasteiger partial charge in [-0.25, -0.2) is 0 Å². The van der Waals surface area contributed by atoms with Crippen LogP contribution in [0.4, 0.5) is 11.4 Å². The third kappa shape index (κ3) is 2.35. The highest BCUT2D eigenvalue weighted by Crippen LogP contribution is 2.49. The van der Waals surface area contributed by atoms with Gasteiger partial charge >= 0.3 is 0 Å². The van der Waals surface area contributed by atoms with Gasteiger partial charge in [-0.1, -0.05) is 35.4 Å². The Morgan fingerprint density at radius 3 is 2.14 bits per heavy atom. The summed E-state index contributed by atoms with van der Waals surface area (Å²) in [5.41, 5.74) is 1.94. The number of hydrogen-bond donors (Lipinski definition) is 0. The summed E-state index contributed by atoms with van der Waals surface area (Å²) >= 11 is 12.2. The summed E-state index contributed by atoms with van der Waals surface area (Å²) in [5, 5.41) is 1.28. The average molecular weight is 334 g/mol. The van der Waals surface area contributed by atoms with Crippen LogP contribution in [0.3, 0.4) is 0 Å². The lowest BCUT2D eigenvalue weighted by Gasteiger charge is -2.38. The summed E-state index contributed by atoms with van der Waals surface area (Å²) in [7, 11) is 0. The number of nitrogens with zero attached hydrogens (tertiary/aromatic N) is 1. The smallest absolute Gasteiger partial charge is 0.152 e. The summed E-state index contributed by atoms with van der Waals surface area (Å²) in [4.78, 5) is 2.20. The van der Waals surface area contributed by atoms with Crippen molar-refractivity contribution in [2.45, 2.75) is 6.04 Å². The van der Waals surface area contributed by atoms with Crippen molar-refractivity contribution in [3.8, 4) is 11.5 Å². The van der Waals surface area contributed by atoms with Crippen LogP contribution < -0.4 is 9.64 Å². The van der Waals surface area contributed by atoms with Crippen LogP contribution in [0.2, 0.25) is 10.0 Å². The lowest BCUT2D eigenvalue weighted by Crippen LogP contribution is -2.37. The van der Waals surface area contributed by atoms with E-state index in [1.807, 2.05) is 42.5 Å². The minimum absolute atomic E-state index is 0.109. The largest absolute Gasteiger partial charge is 0.453 e. The van der Waals surface area contributed by atoms with E-state index < -0.39 is 0 Å². The minimum atomic E-state index is 0.109. The molecule has 0 N–H and O–H groups in total. The molecule has 0 fully saturated rings. The molecule has 0 aromatic heterocycles. The molecule has 4 rings (SSSR count). The molecule has 0 aliphatic carbocycles. The van der Waals surface area contributed by atoms with Gasteiger partial charge in [-0.3, -0.25) is 0 Å². The number of ether oxygens (including phenoxy) is 2. The predicted octanol–water partition coefficient (Wildman–Crippen LogP) is 5.19. The van der Waals surface area contributed by atoms with E-state index in [0.29, 0.717) is 23.3 Å². The topological polar surface area (TPSA) is 21.7 Å². The Balaban J connectivity index is 1.88. The maximum Gasteiger partial charge on any atom is 0.152 e. The van der Waals surface area contributed by atoms with Crippen molar-refractivity contribution in [3.05, 3.63) is 58.6 Å². The molecule has 2 aliphatic heterocycles. The Hall–Kier alpha value is -1.68. The van der Waals surface area contributed by atoms with Crippen molar-refractivity contribution < 1.29 is 9.47 Å². The first-order valence-corrected chi connectivity index (χ1v) is 7.78. The van der Waals surface area contributed by atoms with Crippen LogP contribution in [0.25, 0.3) is 0 Å². The quantitative estimate of drug-likeness (QED) is 0.670. The summed E-state index contributed by atoms with van der Waals surface area (Å²) < 4.78 is 11.6. The van der Waals surface area contributed by atoms with Gasteiger partial charge in [-0.05, 0) is 24.3 Å². The second-order valence-electron chi connectivity index (χ2n) is 5.23. The number of halogens is 2. The zero-order valence-electron chi connectivity index (χ0n) is 11.6. The van der Waals surface area contributed by atoms with E-state index in [0.717, 1.165) is 22.9 Å². The van der Waals surface area contributed by atoms with Crippen LogP contribution in [0, 0.1) is 0 Å². The highest BCUT2D eigenvalue weighted by molar-refractivity contribution is 6.31. The number of hydrogen-bond acceptors (Lipinski definition) is 3. The standard InChI is InChI=1S/C17H13Cl2NO2/c18-11-3-5-14-16(8-11)22-17-9-12(19)4-6-15(17)20(14)13-2-1-7-21-10-13/h1-6,8-9,13H,7,10H2/t13-/m1/s1. The van der Waals surface area contributed by atoms with Crippen LogP contribution in [0.15, 0.2) is 48.6 Å². The number of rotatable bonds is 1. The van der Waals surface area contributed by atoms with Crippen LogP contribution in [0.1, 0.15) is 0 Å². The normalized spacial score (nSPS) is 19.4. The average Bonchev–Trinajstić information content (AvgIpc) is 2.53. The minimum Gasteiger partial charge on any atom is -0.453 e. The lowest BCUT2D eigenvalue weighted by molar-refractivity contribution is 0.146. The molecule has 0 unspecified atom stereocenters. The molecular formula is C17H13Cl2NO2. The first-order chi connectivity index (χ1) is 10.7. The first-order valence-electron chi connectivity index (χ1n) is 7.03. The van der Waals surface area contributed by atoms with E-state index in [4.69, 9.17) is 32.7 Å². The molecule has 5 heteroatoms. The van der Waals surface area contributed by atoms with Gasteiger partial charge in [0.1, 0.15) is 0 Å². The Kier molecular flexibility index (Phi) is 3.49. The molecule has 2 heterocycles. The molecule has 0 amide bonds. The van der Waals surface area contributed by atoms with E-state index in [-0.39, 0.29) is 6.04 Å². The van der Waals surface area contributed by atoms with Gasteiger partial charge in [0.15, 0.2) is 11.5 Å². The van der Waals surface area contributed by atoms with Crippen LogP contribution in [0.5, 0.6) is 11.5 Å². The van der Waals surface area contributed by atoms with Crippen molar-refractivity contribution in [1.29, 1.82) is 0 Å². The fourth-order valence-electron chi connectivity index (χ4n) is 2.83. The lowest BCUT2D eigenvalue weighted by atomic mass is 10.1. The SMILES string of the molecule is Clc1ccc2c(c1)Oc1cc(Cl)ccc1N2[C@@H]1C=CCOC1. The molecule has 0 saturated heterocycles. The molecular weight excluding hydrogens is 321 g/mol. The third-order valence-electron chi connectivity index (χ3n) is 3.78. The fourth-order valence-corrected chi connectivity index (χ4v) is 3.15. The van der Waals surface area contributed by atoms with E-state index in [2.05, 4.69) is 11.0 Å². The Labute approximate surface area is 138 Å². The molecule has 22 heavy (non-hydrogen) atoms. The maximum atomic E-state index is 6.11. The van der Waals surface area contributed by atoms with Gasteiger partial charge in [-0.15, -0.1) is 0 Å². The molecule has 0 bridgehead atoms. The van der Waals surface area contributed by atoms with Gasteiger partial charge in [-0.2, -0.15) is 0 Å². The monoisotopic (exact) mass is 333 g/mol. The number of fused-ring (bicyclic) bond motifs is 2. The first kappa shape index (κ1) is 13.9. The Morgan fingerprint density at radius 1 is 0.955 bits per heavy atom. The Morgan fingerprint density at radius 2 is 1.59 bits per heavy atom. The van der Waals surface area contributed by atoms with E-state index in [1.165, 1.54) is 0 Å². The molecule has 3 nitrogen and oxygen atoms in total. The second-order valence-corrected chi connectivity index (χ2v) is 6.10. The Bertz CT molecular complexity index is 709. The predicted molar refractivity (Wildman–Crippen MR) is 88.9 cm³/mol. The van der Waals surface area contributed by atoms with Crippen molar-refractivity contribution >= 4 is 34.6 Å². The molecule has 2 aromatic rings. The van der Waals surface area contributed by atoms with Crippen molar-refractivity contribution in [3.63, 3.8) is 0 Å². The van der Waals surface area contributed by atoms with Gasteiger partial charge < -0.3 is 14.4 Å². The molecule has 1 atom stereocenters. The zero-order valence-corrected chi connectivity index (χ0v) is 13.1. The molecule has 0 saturated carbocycles. The van der Waals surface area contributed by atoms with Gasteiger partial charge in [0.2, 0.25) is 0 Å². The summed E-state index contributed by atoms with van der Waals surface area (Å²) in [6.07, 6.45) is 4.19. The third-order valence-corrected chi connectivity index (χ3v) is 4.25. The van der Waals surface area contributed by atoms with E-state index >= 15 is 0 Å². The van der Waals surface area contributed by atoms with Crippen molar-refractivity contribution in [1.82, 2.24) is 0 Å². The van der Waals surface area contributed by atoms with E-state index in [1.54, 1.807) is 0 Å².